The van der Waals surface area contributed by atoms with Crippen molar-refractivity contribution in [3.8, 4) is 0 Å². The van der Waals surface area contributed by atoms with Gasteiger partial charge in [-0.2, -0.15) is 0 Å². The lowest BCUT2D eigenvalue weighted by atomic mass is 10.2. The van der Waals surface area contributed by atoms with Crippen LogP contribution in [0.5, 0.6) is 0 Å². The highest BCUT2D eigenvalue weighted by Gasteiger charge is 2.17. The van der Waals surface area contributed by atoms with E-state index in [-0.39, 0.29) is 4.47 Å². The summed E-state index contributed by atoms with van der Waals surface area (Å²) in [6.45, 7) is 0. The number of rotatable bonds is 2. The van der Waals surface area contributed by atoms with Crippen LogP contribution in [0.1, 0.15) is 10.4 Å². The molecule has 0 heterocycles. The summed E-state index contributed by atoms with van der Waals surface area (Å²) >= 11 is 2.80. The molecule has 2 aromatic rings. The molecule has 8 heteroatoms. The highest BCUT2D eigenvalue weighted by atomic mass is 79.9. The maximum atomic E-state index is 13.4. The van der Waals surface area contributed by atoms with Crippen molar-refractivity contribution in [2.45, 2.75) is 0 Å². The molecular weight excluding hydrogens is 361 g/mol. The quantitative estimate of drug-likeness (QED) is 0.477. The van der Waals surface area contributed by atoms with E-state index in [0.29, 0.717) is 18.2 Å². The largest absolute Gasteiger partial charge is 0.319 e. The number of carbonyl (C=O) groups excluding carboxylic acids is 1. The predicted octanol–water partition coefficient (Wildman–Crippen LogP) is 4.40. The second kappa shape index (κ2) is 5.80. The van der Waals surface area contributed by atoms with E-state index >= 15 is 0 Å². The standard InChI is InChI=1S/C13H5BrF5NO/c14-6-3-11(8(16)4-7(6)15)20-13(21)5-1-9(17)12(19)10(18)2-5/h1-4H,(H,20,21). The summed E-state index contributed by atoms with van der Waals surface area (Å²) in [7, 11) is 0. The van der Waals surface area contributed by atoms with Crippen LogP contribution in [0, 0.1) is 29.1 Å². The molecule has 0 unspecified atom stereocenters. The van der Waals surface area contributed by atoms with Crippen LogP contribution < -0.4 is 5.32 Å². The highest BCUT2D eigenvalue weighted by molar-refractivity contribution is 9.10. The van der Waals surface area contributed by atoms with Crippen LogP contribution in [-0.2, 0) is 0 Å². The Hall–Kier alpha value is -1.96. The number of halogens is 6. The normalized spacial score (nSPS) is 10.6. The van der Waals surface area contributed by atoms with Crippen molar-refractivity contribution in [1.29, 1.82) is 0 Å². The average Bonchev–Trinajstić information content (AvgIpc) is 2.41. The Kier molecular flexibility index (Phi) is 4.26. The Bertz CT molecular complexity index is 712. The lowest BCUT2D eigenvalue weighted by Crippen LogP contribution is -2.14. The zero-order valence-electron chi connectivity index (χ0n) is 9.99. The van der Waals surface area contributed by atoms with Crippen molar-refractivity contribution in [3.05, 3.63) is 63.4 Å². The van der Waals surface area contributed by atoms with Gasteiger partial charge in [-0.1, -0.05) is 0 Å². The van der Waals surface area contributed by atoms with Crippen LogP contribution in [0.3, 0.4) is 0 Å². The second-order valence-corrected chi connectivity index (χ2v) is 4.81. The van der Waals surface area contributed by atoms with Gasteiger partial charge in [0.1, 0.15) is 11.6 Å². The monoisotopic (exact) mass is 365 g/mol. The molecule has 0 aliphatic rings. The zero-order chi connectivity index (χ0) is 15.7. The van der Waals surface area contributed by atoms with Crippen LogP contribution >= 0.6 is 15.9 Å². The first kappa shape index (κ1) is 15.4. The maximum Gasteiger partial charge on any atom is 0.255 e. The SMILES string of the molecule is O=C(Nc1cc(Br)c(F)cc1F)c1cc(F)c(F)c(F)c1. The van der Waals surface area contributed by atoms with Gasteiger partial charge in [-0.25, -0.2) is 22.0 Å². The molecule has 0 saturated heterocycles. The zero-order valence-corrected chi connectivity index (χ0v) is 11.6. The van der Waals surface area contributed by atoms with Crippen molar-refractivity contribution in [1.82, 2.24) is 0 Å². The molecule has 0 aliphatic carbocycles. The number of benzene rings is 2. The highest BCUT2D eigenvalue weighted by Crippen LogP contribution is 2.24. The lowest BCUT2D eigenvalue weighted by Gasteiger charge is -2.08. The Balaban J connectivity index is 2.32. The molecule has 0 aliphatic heterocycles. The molecule has 2 rings (SSSR count). The van der Waals surface area contributed by atoms with E-state index in [2.05, 4.69) is 15.9 Å². The van der Waals surface area contributed by atoms with Gasteiger partial charge in [-0.15, -0.1) is 0 Å². The smallest absolute Gasteiger partial charge is 0.255 e. The van der Waals surface area contributed by atoms with Crippen LogP contribution in [-0.4, -0.2) is 5.91 Å². The minimum Gasteiger partial charge on any atom is -0.319 e. The third kappa shape index (κ3) is 3.21. The van der Waals surface area contributed by atoms with Crippen molar-refractivity contribution >= 4 is 27.5 Å². The molecule has 0 fully saturated rings. The number of nitrogens with one attached hydrogen (secondary N) is 1. The molecule has 0 saturated carbocycles. The van der Waals surface area contributed by atoms with Gasteiger partial charge >= 0.3 is 0 Å². The fraction of sp³-hybridized carbons (Fsp3) is 0. The summed E-state index contributed by atoms with van der Waals surface area (Å²) < 4.78 is 65.2. The van der Waals surface area contributed by atoms with Gasteiger partial charge < -0.3 is 5.32 Å². The molecule has 0 spiro atoms. The van der Waals surface area contributed by atoms with Gasteiger partial charge in [-0.3, -0.25) is 4.79 Å². The number of hydrogen-bond acceptors (Lipinski definition) is 1. The van der Waals surface area contributed by atoms with Crippen molar-refractivity contribution in [3.63, 3.8) is 0 Å². The summed E-state index contributed by atoms with van der Waals surface area (Å²) in [5.74, 6) is -7.87. The van der Waals surface area contributed by atoms with Crippen LogP contribution in [0.25, 0.3) is 0 Å². The third-order valence-electron chi connectivity index (χ3n) is 2.50. The van der Waals surface area contributed by atoms with Gasteiger partial charge in [-0.05, 0) is 34.1 Å². The van der Waals surface area contributed by atoms with Gasteiger partial charge in [0, 0.05) is 11.6 Å². The molecule has 1 amide bonds. The second-order valence-electron chi connectivity index (χ2n) is 3.95. The minimum absolute atomic E-state index is 0.115. The summed E-state index contributed by atoms with van der Waals surface area (Å²) in [5.41, 5.74) is -0.954. The number of hydrogen-bond donors (Lipinski definition) is 1. The van der Waals surface area contributed by atoms with E-state index in [1.807, 2.05) is 5.32 Å². The fourth-order valence-corrected chi connectivity index (χ4v) is 1.84. The molecule has 21 heavy (non-hydrogen) atoms. The summed E-state index contributed by atoms with van der Waals surface area (Å²) in [6.07, 6.45) is 0. The van der Waals surface area contributed by atoms with Crippen molar-refractivity contribution in [2.24, 2.45) is 0 Å². The molecule has 2 nitrogen and oxygen atoms in total. The van der Waals surface area contributed by atoms with E-state index in [9.17, 15) is 26.7 Å². The first-order valence-electron chi connectivity index (χ1n) is 5.40. The molecule has 0 bridgehead atoms. The first-order chi connectivity index (χ1) is 9.79. The third-order valence-corrected chi connectivity index (χ3v) is 3.11. The van der Waals surface area contributed by atoms with Gasteiger partial charge in [0.2, 0.25) is 0 Å². The first-order valence-corrected chi connectivity index (χ1v) is 6.19. The molecule has 0 radical (unpaired) electrons. The van der Waals surface area contributed by atoms with Gasteiger partial charge in [0.15, 0.2) is 17.5 Å². The molecule has 110 valence electrons. The van der Waals surface area contributed by atoms with Crippen LogP contribution in [0.4, 0.5) is 27.6 Å². The van der Waals surface area contributed by atoms with E-state index in [0.717, 1.165) is 6.07 Å². The van der Waals surface area contributed by atoms with E-state index in [4.69, 9.17) is 0 Å². The topological polar surface area (TPSA) is 29.1 Å². The number of amides is 1. The predicted molar refractivity (Wildman–Crippen MR) is 68.3 cm³/mol. The van der Waals surface area contributed by atoms with Crippen molar-refractivity contribution < 1.29 is 26.7 Å². The maximum absolute atomic E-state index is 13.4. The average molecular weight is 366 g/mol. The minimum atomic E-state index is -1.72. The molecular formula is C13H5BrF5NO. The van der Waals surface area contributed by atoms with Gasteiger partial charge in [0.25, 0.3) is 5.91 Å². The molecule has 2 aromatic carbocycles. The van der Waals surface area contributed by atoms with Crippen molar-refractivity contribution in [2.75, 3.05) is 5.32 Å². The van der Waals surface area contributed by atoms with E-state index in [1.165, 1.54) is 0 Å². The molecule has 1 N–H and O–H groups in total. The van der Waals surface area contributed by atoms with Crippen LogP contribution in [0.15, 0.2) is 28.7 Å². The van der Waals surface area contributed by atoms with Gasteiger partial charge in [0.05, 0.1) is 10.2 Å². The summed E-state index contributed by atoms with van der Waals surface area (Å²) in [4.78, 5) is 11.7. The van der Waals surface area contributed by atoms with E-state index < -0.39 is 46.2 Å². The Morgan fingerprint density at radius 1 is 0.857 bits per heavy atom. The molecule has 0 aromatic heterocycles. The fourth-order valence-electron chi connectivity index (χ4n) is 1.50. The Labute approximate surface area is 123 Å². The van der Waals surface area contributed by atoms with Crippen LogP contribution in [0.2, 0.25) is 0 Å². The summed E-state index contributed by atoms with van der Waals surface area (Å²) in [5, 5.41) is 2.00. The number of carbonyl (C=O) groups is 1. The number of anilines is 1. The van der Waals surface area contributed by atoms with E-state index in [1.54, 1.807) is 0 Å². The Morgan fingerprint density at radius 3 is 2.00 bits per heavy atom. The lowest BCUT2D eigenvalue weighted by molar-refractivity contribution is 0.102. The Morgan fingerprint density at radius 2 is 1.43 bits per heavy atom. The summed E-state index contributed by atoms with van der Waals surface area (Å²) in [6, 6.07) is 2.39. The molecule has 0 atom stereocenters.